The summed E-state index contributed by atoms with van der Waals surface area (Å²) in [6.45, 7) is 2.74. The first-order chi connectivity index (χ1) is 13.2. The molecule has 6 nitrogen and oxygen atoms in total. The van der Waals surface area contributed by atoms with E-state index < -0.39 is 27.6 Å². The van der Waals surface area contributed by atoms with Crippen molar-refractivity contribution in [1.82, 2.24) is 4.31 Å². The van der Waals surface area contributed by atoms with Crippen LogP contribution in [0.3, 0.4) is 0 Å². The minimum Gasteiger partial charge on any atom is -0.379 e. The standard InChI is InChI=1S/C18H17ClF2N2O4S/c1-11-2-3-12(8-17(11)28(25,26)23-4-6-27-7-5-23)22-18(24)13-9-15(20)16(21)10-14(13)19/h2-3,8-10H,4-7H2,1H3,(H,22,24). The van der Waals surface area contributed by atoms with E-state index in [1.807, 2.05) is 0 Å². The van der Waals surface area contributed by atoms with Crippen LogP contribution in [0.15, 0.2) is 35.2 Å². The van der Waals surface area contributed by atoms with Crippen LogP contribution in [0.1, 0.15) is 15.9 Å². The van der Waals surface area contributed by atoms with E-state index in [1.165, 1.54) is 16.4 Å². The number of anilines is 1. The molecule has 2 aromatic rings. The second kappa shape index (κ2) is 8.12. The molecule has 0 aromatic heterocycles. The van der Waals surface area contributed by atoms with Crippen LogP contribution in [0.25, 0.3) is 0 Å². The van der Waals surface area contributed by atoms with Crippen LogP contribution >= 0.6 is 11.6 Å². The minimum absolute atomic E-state index is 0.0450. The van der Waals surface area contributed by atoms with Crippen LogP contribution in [0, 0.1) is 18.6 Å². The highest BCUT2D eigenvalue weighted by Crippen LogP contribution is 2.26. The third-order valence-corrected chi connectivity index (χ3v) is 6.64. The molecule has 0 aliphatic carbocycles. The second-order valence-electron chi connectivity index (χ2n) is 6.20. The van der Waals surface area contributed by atoms with Gasteiger partial charge in [-0.2, -0.15) is 4.31 Å². The van der Waals surface area contributed by atoms with Gasteiger partial charge in [-0.15, -0.1) is 0 Å². The lowest BCUT2D eigenvalue weighted by Gasteiger charge is -2.26. The first-order valence-corrected chi connectivity index (χ1v) is 10.2. The molecular weight excluding hydrogens is 414 g/mol. The maximum absolute atomic E-state index is 13.4. The molecule has 2 aromatic carbocycles. The van der Waals surface area contributed by atoms with E-state index >= 15 is 0 Å². The van der Waals surface area contributed by atoms with E-state index in [2.05, 4.69) is 5.32 Å². The quantitative estimate of drug-likeness (QED) is 0.756. The highest BCUT2D eigenvalue weighted by atomic mass is 35.5. The Morgan fingerprint density at radius 1 is 1.14 bits per heavy atom. The number of ether oxygens (including phenoxy) is 1. The maximum Gasteiger partial charge on any atom is 0.257 e. The van der Waals surface area contributed by atoms with Crippen LogP contribution in [0.4, 0.5) is 14.5 Å². The molecule has 0 saturated carbocycles. The summed E-state index contributed by atoms with van der Waals surface area (Å²) in [5.74, 6) is -3.17. The van der Waals surface area contributed by atoms with Crippen LogP contribution in [-0.2, 0) is 14.8 Å². The summed E-state index contributed by atoms with van der Waals surface area (Å²) >= 11 is 5.81. The average Bonchev–Trinajstić information content (AvgIpc) is 2.66. The summed E-state index contributed by atoms with van der Waals surface area (Å²) in [6.07, 6.45) is 0. The number of amides is 1. The number of benzene rings is 2. The summed E-state index contributed by atoms with van der Waals surface area (Å²) in [4.78, 5) is 12.4. The number of carbonyl (C=O) groups is 1. The van der Waals surface area contributed by atoms with Crippen molar-refractivity contribution in [1.29, 1.82) is 0 Å². The number of halogens is 3. The van der Waals surface area contributed by atoms with Crippen molar-refractivity contribution in [3.63, 3.8) is 0 Å². The van der Waals surface area contributed by atoms with Gasteiger partial charge < -0.3 is 10.1 Å². The Morgan fingerprint density at radius 2 is 1.79 bits per heavy atom. The van der Waals surface area contributed by atoms with Gasteiger partial charge in [0.1, 0.15) is 0 Å². The molecule has 28 heavy (non-hydrogen) atoms. The average molecular weight is 431 g/mol. The number of rotatable bonds is 4. The van der Waals surface area contributed by atoms with E-state index in [4.69, 9.17) is 16.3 Å². The number of hydrogen-bond acceptors (Lipinski definition) is 4. The molecule has 1 aliphatic rings. The smallest absolute Gasteiger partial charge is 0.257 e. The van der Waals surface area contributed by atoms with E-state index in [0.29, 0.717) is 30.9 Å². The molecule has 0 radical (unpaired) electrons. The SMILES string of the molecule is Cc1ccc(NC(=O)c2cc(F)c(F)cc2Cl)cc1S(=O)(=O)N1CCOCC1. The highest BCUT2D eigenvalue weighted by Gasteiger charge is 2.28. The number of morpholine rings is 1. The van der Waals surface area contributed by atoms with Gasteiger partial charge >= 0.3 is 0 Å². The van der Waals surface area contributed by atoms with Crippen LogP contribution in [-0.4, -0.2) is 44.9 Å². The number of nitrogens with zero attached hydrogens (tertiary/aromatic N) is 1. The van der Waals surface area contributed by atoms with Crippen molar-refractivity contribution in [2.75, 3.05) is 31.6 Å². The zero-order valence-electron chi connectivity index (χ0n) is 14.8. The first-order valence-electron chi connectivity index (χ1n) is 8.34. The lowest BCUT2D eigenvalue weighted by atomic mass is 10.1. The zero-order chi connectivity index (χ0) is 20.5. The Morgan fingerprint density at radius 3 is 2.46 bits per heavy atom. The monoisotopic (exact) mass is 430 g/mol. The van der Waals surface area contributed by atoms with Crippen LogP contribution in [0.5, 0.6) is 0 Å². The molecule has 10 heteroatoms. The van der Waals surface area contributed by atoms with Gasteiger partial charge in [0.2, 0.25) is 10.0 Å². The topological polar surface area (TPSA) is 75.7 Å². The fraction of sp³-hybridized carbons (Fsp3) is 0.278. The van der Waals surface area contributed by atoms with E-state index in [9.17, 15) is 22.0 Å². The summed E-state index contributed by atoms with van der Waals surface area (Å²) in [5.41, 5.74) is 0.428. The minimum atomic E-state index is -3.77. The van der Waals surface area contributed by atoms with Crippen LogP contribution in [0.2, 0.25) is 5.02 Å². The van der Waals surface area contributed by atoms with Gasteiger partial charge in [-0.1, -0.05) is 17.7 Å². The lowest BCUT2D eigenvalue weighted by molar-refractivity contribution is 0.0730. The molecule has 150 valence electrons. The van der Waals surface area contributed by atoms with Crippen molar-refractivity contribution < 1.29 is 26.7 Å². The number of aryl methyl sites for hydroxylation is 1. The molecule has 1 heterocycles. The molecule has 1 fully saturated rings. The number of sulfonamides is 1. The molecule has 0 spiro atoms. The molecule has 0 bridgehead atoms. The normalized spacial score (nSPS) is 15.4. The second-order valence-corrected chi connectivity index (χ2v) is 8.51. The molecular formula is C18H17ClF2N2O4S. The third-order valence-electron chi connectivity index (χ3n) is 4.29. The van der Waals surface area contributed by atoms with Gasteiger partial charge in [0.05, 0.1) is 28.7 Å². The van der Waals surface area contributed by atoms with Gasteiger partial charge in [0.25, 0.3) is 5.91 Å². The van der Waals surface area contributed by atoms with Gasteiger partial charge in [0, 0.05) is 18.8 Å². The summed E-state index contributed by atoms with van der Waals surface area (Å²) in [7, 11) is -3.77. The fourth-order valence-corrected chi connectivity index (χ4v) is 4.67. The van der Waals surface area contributed by atoms with Crippen LogP contribution < -0.4 is 5.32 Å². The molecule has 3 rings (SSSR count). The van der Waals surface area contributed by atoms with Gasteiger partial charge in [-0.3, -0.25) is 4.79 Å². The van der Waals surface area contributed by atoms with Gasteiger partial charge in [0.15, 0.2) is 11.6 Å². The first kappa shape index (κ1) is 20.7. The number of hydrogen-bond donors (Lipinski definition) is 1. The lowest BCUT2D eigenvalue weighted by Crippen LogP contribution is -2.40. The van der Waals surface area contributed by atoms with Crippen molar-refractivity contribution in [3.8, 4) is 0 Å². The van der Waals surface area contributed by atoms with E-state index in [1.54, 1.807) is 13.0 Å². The molecule has 1 N–H and O–H groups in total. The Hall–Kier alpha value is -2.07. The Balaban J connectivity index is 1.89. The molecule has 0 unspecified atom stereocenters. The molecule has 0 atom stereocenters. The highest BCUT2D eigenvalue weighted by molar-refractivity contribution is 7.89. The predicted octanol–water partition coefficient (Wildman–Crippen LogP) is 3.20. The summed E-state index contributed by atoms with van der Waals surface area (Å²) in [5, 5.41) is 2.21. The van der Waals surface area contributed by atoms with Crippen molar-refractivity contribution in [3.05, 3.63) is 58.1 Å². The molecule has 1 amide bonds. The van der Waals surface area contributed by atoms with Gasteiger partial charge in [-0.05, 0) is 36.8 Å². The zero-order valence-corrected chi connectivity index (χ0v) is 16.4. The molecule has 1 saturated heterocycles. The third kappa shape index (κ3) is 4.17. The fourth-order valence-electron chi connectivity index (χ4n) is 2.78. The Labute approximate surface area is 166 Å². The Kier molecular flexibility index (Phi) is 5.99. The Bertz CT molecular complexity index is 1020. The van der Waals surface area contributed by atoms with E-state index in [-0.39, 0.29) is 34.3 Å². The summed E-state index contributed by atoms with van der Waals surface area (Å²) < 4.78 is 58.9. The number of carbonyl (C=O) groups excluding carboxylic acids is 1. The maximum atomic E-state index is 13.4. The largest absolute Gasteiger partial charge is 0.379 e. The van der Waals surface area contributed by atoms with Crippen molar-refractivity contribution in [2.45, 2.75) is 11.8 Å². The summed E-state index contributed by atoms with van der Waals surface area (Å²) in [6, 6.07) is 5.78. The van der Waals surface area contributed by atoms with Crippen molar-refractivity contribution in [2.24, 2.45) is 0 Å². The molecule has 1 aliphatic heterocycles. The number of nitrogens with one attached hydrogen (secondary N) is 1. The van der Waals surface area contributed by atoms with E-state index in [0.717, 1.165) is 0 Å². The van der Waals surface area contributed by atoms with Crippen molar-refractivity contribution >= 4 is 33.2 Å². The predicted molar refractivity (Wildman–Crippen MR) is 100 cm³/mol. The van der Waals surface area contributed by atoms with Gasteiger partial charge in [-0.25, -0.2) is 17.2 Å².